The minimum Gasteiger partial charge on any atom is -0.329 e. The molecule has 1 aliphatic rings. The highest BCUT2D eigenvalue weighted by Gasteiger charge is 2.28. The molecule has 1 aromatic rings. The summed E-state index contributed by atoms with van der Waals surface area (Å²) in [6, 6.07) is 3.46. The largest absolute Gasteiger partial charge is 0.329 e. The quantitative estimate of drug-likeness (QED) is 0.583. The number of sulfonamides is 1. The number of aryl methyl sites for hydroxylation is 1. The zero-order valence-electron chi connectivity index (χ0n) is 13.6. The number of non-ortho nitro benzene ring substituents is 1. The second-order valence-corrected chi connectivity index (χ2v) is 7.75. The number of benzene rings is 1. The molecule has 0 aliphatic heterocycles. The van der Waals surface area contributed by atoms with E-state index in [-0.39, 0.29) is 41.5 Å². The zero-order valence-corrected chi connectivity index (χ0v) is 15.2. The van der Waals surface area contributed by atoms with Gasteiger partial charge in [-0.25, -0.2) is 13.1 Å². The number of halogens is 1. The Morgan fingerprint density at radius 3 is 2.46 bits per heavy atom. The topological polar surface area (TPSA) is 115 Å². The van der Waals surface area contributed by atoms with Gasteiger partial charge >= 0.3 is 0 Å². The average molecular weight is 378 g/mol. The first-order valence-electron chi connectivity index (χ1n) is 7.82. The summed E-state index contributed by atoms with van der Waals surface area (Å²) >= 11 is 0. The summed E-state index contributed by atoms with van der Waals surface area (Å²) in [6.07, 6.45) is 5.33. The monoisotopic (exact) mass is 377 g/mol. The van der Waals surface area contributed by atoms with E-state index in [9.17, 15) is 18.5 Å². The van der Waals surface area contributed by atoms with Crippen molar-refractivity contribution in [2.75, 3.05) is 6.54 Å². The van der Waals surface area contributed by atoms with Gasteiger partial charge in [0.05, 0.1) is 9.82 Å². The van der Waals surface area contributed by atoms with Gasteiger partial charge in [0.2, 0.25) is 10.0 Å². The lowest BCUT2D eigenvalue weighted by Crippen LogP contribution is -2.45. The third-order valence-corrected chi connectivity index (χ3v) is 6.09. The second kappa shape index (κ2) is 8.75. The van der Waals surface area contributed by atoms with Crippen LogP contribution in [0.5, 0.6) is 0 Å². The van der Waals surface area contributed by atoms with Crippen LogP contribution >= 0.6 is 12.4 Å². The Hall–Kier alpha value is -1.22. The van der Waals surface area contributed by atoms with Crippen LogP contribution in [0.4, 0.5) is 5.69 Å². The van der Waals surface area contributed by atoms with Crippen molar-refractivity contribution in [3.63, 3.8) is 0 Å². The van der Waals surface area contributed by atoms with E-state index < -0.39 is 14.9 Å². The molecule has 24 heavy (non-hydrogen) atoms. The Labute approximate surface area is 148 Å². The van der Waals surface area contributed by atoms with Gasteiger partial charge < -0.3 is 5.73 Å². The van der Waals surface area contributed by atoms with Crippen LogP contribution < -0.4 is 10.5 Å². The molecule has 1 aromatic carbocycles. The Kier molecular flexibility index (Phi) is 7.59. The maximum absolute atomic E-state index is 12.6. The van der Waals surface area contributed by atoms with E-state index in [2.05, 4.69) is 4.72 Å². The third kappa shape index (κ3) is 4.89. The molecule has 0 spiro atoms. The first-order valence-corrected chi connectivity index (χ1v) is 9.31. The fourth-order valence-electron chi connectivity index (χ4n) is 3.18. The molecule has 0 radical (unpaired) electrons. The minimum atomic E-state index is -3.75. The number of rotatable bonds is 6. The zero-order chi connectivity index (χ0) is 17.0. The van der Waals surface area contributed by atoms with Gasteiger partial charge in [-0.2, -0.15) is 0 Å². The lowest BCUT2D eigenvalue weighted by atomic mass is 9.84. The van der Waals surface area contributed by atoms with Crippen molar-refractivity contribution in [2.45, 2.75) is 50.0 Å². The molecule has 1 unspecified atom stereocenters. The smallest absolute Gasteiger partial charge is 0.269 e. The van der Waals surface area contributed by atoms with Crippen molar-refractivity contribution in [2.24, 2.45) is 11.7 Å². The molecule has 1 saturated carbocycles. The van der Waals surface area contributed by atoms with Gasteiger partial charge in [0.25, 0.3) is 5.69 Å². The van der Waals surface area contributed by atoms with E-state index in [0.29, 0.717) is 5.56 Å². The van der Waals surface area contributed by atoms with Gasteiger partial charge in [-0.15, -0.1) is 12.4 Å². The summed E-state index contributed by atoms with van der Waals surface area (Å²) in [5.41, 5.74) is 6.01. The molecule has 136 valence electrons. The maximum Gasteiger partial charge on any atom is 0.269 e. The lowest BCUT2D eigenvalue weighted by Gasteiger charge is -2.30. The Balaban J connectivity index is 0.00000288. The van der Waals surface area contributed by atoms with Crippen molar-refractivity contribution < 1.29 is 13.3 Å². The number of nitrogens with zero attached hydrogens (tertiary/aromatic N) is 1. The van der Waals surface area contributed by atoms with Gasteiger partial charge in [-0.1, -0.05) is 19.3 Å². The van der Waals surface area contributed by atoms with Crippen LogP contribution in [0.3, 0.4) is 0 Å². The van der Waals surface area contributed by atoms with Gasteiger partial charge in [-0.05, 0) is 37.3 Å². The summed E-state index contributed by atoms with van der Waals surface area (Å²) in [4.78, 5) is 10.3. The van der Waals surface area contributed by atoms with Crippen LogP contribution in [0.25, 0.3) is 0 Å². The molecule has 0 saturated heterocycles. The average Bonchev–Trinajstić information content (AvgIpc) is 2.53. The van der Waals surface area contributed by atoms with E-state index in [1.54, 1.807) is 6.92 Å². The van der Waals surface area contributed by atoms with E-state index in [4.69, 9.17) is 5.73 Å². The van der Waals surface area contributed by atoms with E-state index in [0.717, 1.165) is 25.7 Å². The number of nitro benzene ring substituents is 1. The molecule has 0 heterocycles. The number of hydrogen-bond donors (Lipinski definition) is 2. The predicted molar refractivity (Wildman–Crippen MR) is 94.8 cm³/mol. The van der Waals surface area contributed by atoms with Gasteiger partial charge in [0, 0.05) is 24.7 Å². The van der Waals surface area contributed by atoms with Crippen LogP contribution in [-0.2, 0) is 10.0 Å². The first kappa shape index (κ1) is 20.8. The van der Waals surface area contributed by atoms with Crippen LogP contribution in [0.15, 0.2) is 23.1 Å². The first-order chi connectivity index (χ1) is 10.8. The summed E-state index contributed by atoms with van der Waals surface area (Å²) < 4.78 is 27.9. The van der Waals surface area contributed by atoms with E-state index >= 15 is 0 Å². The standard InChI is InChI=1S/C15H23N3O4S.ClH/c1-11-9-13(18(19)20)7-8-15(11)23(21,22)17-14(10-16)12-5-3-2-4-6-12;/h7-9,12,14,17H,2-6,10,16H2,1H3;1H. The molecule has 2 rings (SSSR count). The molecule has 0 amide bonds. The second-order valence-electron chi connectivity index (χ2n) is 6.07. The van der Waals surface area contributed by atoms with Gasteiger partial charge in [-0.3, -0.25) is 10.1 Å². The summed E-state index contributed by atoms with van der Waals surface area (Å²) in [5, 5.41) is 10.8. The lowest BCUT2D eigenvalue weighted by molar-refractivity contribution is -0.385. The number of hydrogen-bond acceptors (Lipinski definition) is 5. The molecule has 7 nitrogen and oxygen atoms in total. The van der Waals surface area contributed by atoms with Crippen molar-refractivity contribution in [1.82, 2.24) is 4.72 Å². The molecule has 1 fully saturated rings. The third-order valence-electron chi connectivity index (χ3n) is 4.44. The predicted octanol–water partition coefficient (Wildman–Crippen LogP) is 2.51. The normalized spacial score (nSPS) is 17.1. The summed E-state index contributed by atoms with van der Waals surface area (Å²) in [5.74, 6) is 0.252. The Bertz CT molecular complexity index is 675. The number of nitro groups is 1. The molecular weight excluding hydrogens is 354 g/mol. The van der Waals surface area contributed by atoms with Crippen molar-refractivity contribution >= 4 is 28.1 Å². The molecular formula is C15H24ClN3O4S. The number of nitrogens with two attached hydrogens (primary N) is 1. The van der Waals surface area contributed by atoms with Crippen LogP contribution in [-0.4, -0.2) is 25.9 Å². The highest BCUT2D eigenvalue weighted by atomic mass is 35.5. The molecule has 1 atom stereocenters. The molecule has 0 bridgehead atoms. The van der Waals surface area contributed by atoms with Crippen LogP contribution in [0.1, 0.15) is 37.7 Å². The molecule has 3 N–H and O–H groups in total. The minimum absolute atomic E-state index is 0. The molecule has 1 aliphatic carbocycles. The van der Waals surface area contributed by atoms with Crippen molar-refractivity contribution in [3.8, 4) is 0 Å². The fourth-order valence-corrected chi connectivity index (χ4v) is 4.73. The summed E-state index contributed by atoms with van der Waals surface area (Å²) in [6.45, 7) is 1.80. The van der Waals surface area contributed by atoms with Crippen molar-refractivity contribution in [1.29, 1.82) is 0 Å². The Morgan fingerprint density at radius 1 is 1.33 bits per heavy atom. The van der Waals surface area contributed by atoms with Gasteiger partial charge in [0.15, 0.2) is 0 Å². The van der Waals surface area contributed by atoms with Crippen LogP contribution in [0.2, 0.25) is 0 Å². The number of nitrogens with one attached hydrogen (secondary N) is 1. The summed E-state index contributed by atoms with van der Waals surface area (Å²) in [7, 11) is -3.75. The highest BCUT2D eigenvalue weighted by Crippen LogP contribution is 2.28. The maximum atomic E-state index is 12.6. The highest BCUT2D eigenvalue weighted by molar-refractivity contribution is 7.89. The van der Waals surface area contributed by atoms with Crippen LogP contribution in [0, 0.1) is 23.0 Å². The molecule has 0 aromatic heterocycles. The van der Waals surface area contributed by atoms with E-state index in [1.807, 2.05) is 0 Å². The van der Waals surface area contributed by atoms with Gasteiger partial charge in [0.1, 0.15) is 0 Å². The SMILES string of the molecule is Cc1cc([N+](=O)[O-])ccc1S(=O)(=O)NC(CN)C1CCCCC1.Cl. The van der Waals surface area contributed by atoms with E-state index in [1.165, 1.54) is 24.6 Å². The Morgan fingerprint density at radius 2 is 1.96 bits per heavy atom. The molecule has 9 heteroatoms. The fraction of sp³-hybridized carbons (Fsp3) is 0.600. The van der Waals surface area contributed by atoms with Crippen molar-refractivity contribution in [3.05, 3.63) is 33.9 Å².